The lowest BCUT2D eigenvalue weighted by Gasteiger charge is -2.10. The maximum absolute atomic E-state index is 13.5. The number of amides is 1. The Hall–Kier alpha value is -2.97. The van der Waals surface area contributed by atoms with E-state index in [-0.39, 0.29) is 23.8 Å². The highest BCUT2D eigenvalue weighted by Crippen LogP contribution is 2.32. The molecule has 0 unspecified atom stereocenters. The van der Waals surface area contributed by atoms with Crippen LogP contribution < -0.4 is 11.1 Å². The molecule has 7 nitrogen and oxygen atoms in total. The van der Waals surface area contributed by atoms with Crippen molar-refractivity contribution in [3.05, 3.63) is 58.7 Å². The van der Waals surface area contributed by atoms with Gasteiger partial charge in [-0.2, -0.15) is 0 Å². The van der Waals surface area contributed by atoms with Gasteiger partial charge in [-0.1, -0.05) is 16.8 Å². The zero-order valence-corrected chi connectivity index (χ0v) is 14.4. The summed E-state index contributed by atoms with van der Waals surface area (Å²) < 4.78 is 23.4. The second-order valence-corrected chi connectivity index (χ2v) is 5.71. The number of nitrogens with one attached hydrogen (secondary N) is 1. The Bertz CT molecular complexity index is 961. The Morgan fingerprint density at radius 3 is 2.88 bits per heavy atom. The first kappa shape index (κ1) is 17.8. The number of ether oxygens (including phenoxy) is 1. The van der Waals surface area contributed by atoms with Crippen LogP contribution in [0.5, 0.6) is 0 Å². The normalized spacial score (nSPS) is 10.7. The van der Waals surface area contributed by atoms with E-state index in [0.29, 0.717) is 21.9 Å². The maximum Gasteiger partial charge on any atom is 0.262 e. The number of methoxy groups -OCH3 is 1. The number of pyridine rings is 1. The van der Waals surface area contributed by atoms with Gasteiger partial charge < -0.3 is 20.3 Å². The third-order valence-corrected chi connectivity index (χ3v) is 3.88. The molecule has 1 aromatic carbocycles. The van der Waals surface area contributed by atoms with Crippen molar-refractivity contribution in [3.63, 3.8) is 0 Å². The van der Waals surface area contributed by atoms with Crippen LogP contribution in [0.15, 0.2) is 41.1 Å². The molecule has 0 aliphatic carbocycles. The van der Waals surface area contributed by atoms with Crippen molar-refractivity contribution < 1.29 is 18.4 Å². The largest absolute Gasteiger partial charge is 0.383 e. The molecule has 1 amide bonds. The fraction of sp³-hybridized carbons (Fsp3) is 0.118. The highest BCUT2D eigenvalue weighted by atomic mass is 35.5. The number of nitrogens with zero attached hydrogens (tertiary/aromatic N) is 2. The third-order valence-electron chi connectivity index (χ3n) is 3.55. The summed E-state index contributed by atoms with van der Waals surface area (Å²) >= 11 is 6.09. The summed E-state index contributed by atoms with van der Waals surface area (Å²) in [5.41, 5.74) is 7.05. The number of hydrogen-bond acceptors (Lipinski definition) is 6. The smallest absolute Gasteiger partial charge is 0.262 e. The van der Waals surface area contributed by atoms with Crippen LogP contribution in [0.2, 0.25) is 5.02 Å². The number of carbonyl (C=O) groups excluding carboxylic acids is 1. The van der Waals surface area contributed by atoms with Crippen LogP contribution in [0.1, 0.15) is 16.1 Å². The average Bonchev–Trinajstić information content (AvgIpc) is 3.06. The van der Waals surface area contributed by atoms with Crippen molar-refractivity contribution in [2.24, 2.45) is 0 Å². The van der Waals surface area contributed by atoms with Crippen molar-refractivity contribution in [1.82, 2.24) is 10.1 Å². The van der Waals surface area contributed by atoms with E-state index in [1.807, 2.05) is 0 Å². The van der Waals surface area contributed by atoms with Crippen molar-refractivity contribution in [2.75, 3.05) is 18.2 Å². The number of nitrogens with two attached hydrogens (primary N) is 1. The molecular formula is C17H14ClFN4O3. The van der Waals surface area contributed by atoms with Gasteiger partial charge in [0.25, 0.3) is 5.91 Å². The molecule has 3 N–H and O–H groups in total. The first-order chi connectivity index (χ1) is 12.5. The molecule has 0 aliphatic rings. The number of aromatic nitrogens is 2. The minimum atomic E-state index is -0.471. The van der Waals surface area contributed by atoms with Gasteiger partial charge in [0.1, 0.15) is 29.6 Å². The van der Waals surface area contributed by atoms with Gasteiger partial charge in [0.2, 0.25) is 0 Å². The van der Waals surface area contributed by atoms with Gasteiger partial charge >= 0.3 is 0 Å². The second kappa shape index (κ2) is 7.51. The molecule has 134 valence electrons. The van der Waals surface area contributed by atoms with Crippen LogP contribution >= 0.6 is 11.6 Å². The van der Waals surface area contributed by atoms with Gasteiger partial charge in [-0.05, 0) is 30.3 Å². The Morgan fingerprint density at radius 1 is 1.35 bits per heavy atom. The summed E-state index contributed by atoms with van der Waals surface area (Å²) in [4.78, 5) is 16.4. The van der Waals surface area contributed by atoms with E-state index in [4.69, 9.17) is 26.6 Å². The van der Waals surface area contributed by atoms with Crippen LogP contribution in [0.25, 0.3) is 11.1 Å². The van der Waals surface area contributed by atoms with Gasteiger partial charge in [0.05, 0.1) is 6.20 Å². The van der Waals surface area contributed by atoms with Gasteiger partial charge in [0.15, 0.2) is 5.76 Å². The summed E-state index contributed by atoms with van der Waals surface area (Å²) in [7, 11) is 1.47. The fourth-order valence-electron chi connectivity index (χ4n) is 2.34. The minimum absolute atomic E-state index is 0.0951. The van der Waals surface area contributed by atoms with Crippen LogP contribution in [-0.4, -0.2) is 23.2 Å². The highest BCUT2D eigenvalue weighted by molar-refractivity contribution is 6.33. The summed E-state index contributed by atoms with van der Waals surface area (Å²) in [6.45, 7) is 0.106. The average molecular weight is 377 g/mol. The zero-order valence-electron chi connectivity index (χ0n) is 13.6. The monoisotopic (exact) mass is 376 g/mol. The van der Waals surface area contributed by atoms with E-state index < -0.39 is 11.7 Å². The molecule has 0 saturated heterocycles. The molecule has 3 aromatic rings. The van der Waals surface area contributed by atoms with Crippen LogP contribution in [0, 0.1) is 5.82 Å². The number of rotatable bonds is 5. The van der Waals surface area contributed by atoms with Crippen molar-refractivity contribution in [2.45, 2.75) is 6.61 Å². The summed E-state index contributed by atoms with van der Waals surface area (Å²) in [6, 6.07) is 7.09. The lowest BCUT2D eigenvalue weighted by molar-refractivity contribution is 0.101. The molecule has 0 atom stereocenters. The number of nitrogen functional groups attached to an aromatic ring is 1. The summed E-state index contributed by atoms with van der Waals surface area (Å²) in [5.74, 6) is -0.312. The molecule has 0 radical (unpaired) electrons. The minimum Gasteiger partial charge on any atom is -0.383 e. The van der Waals surface area contributed by atoms with Crippen LogP contribution in [0.3, 0.4) is 0 Å². The maximum atomic E-state index is 13.5. The second-order valence-electron chi connectivity index (χ2n) is 5.30. The Kier molecular flexibility index (Phi) is 5.15. The molecule has 2 heterocycles. The molecule has 0 spiro atoms. The van der Waals surface area contributed by atoms with Crippen molar-refractivity contribution >= 4 is 29.1 Å². The van der Waals surface area contributed by atoms with E-state index in [1.165, 1.54) is 37.6 Å². The number of benzene rings is 1. The van der Waals surface area contributed by atoms with E-state index in [2.05, 4.69) is 15.5 Å². The van der Waals surface area contributed by atoms with E-state index in [9.17, 15) is 9.18 Å². The molecule has 9 heteroatoms. The quantitative estimate of drug-likeness (QED) is 0.706. The molecule has 0 bridgehead atoms. The van der Waals surface area contributed by atoms with E-state index >= 15 is 0 Å². The number of carbonyl (C=O) groups is 1. The first-order valence-corrected chi connectivity index (χ1v) is 7.83. The van der Waals surface area contributed by atoms with Crippen LogP contribution in [-0.2, 0) is 11.3 Å². The first-order valence-electron chi connectivity index (χ1n) is 7.45. The standard InChI is InChI=1S/C17H14ClFN4O3/c1-25-8-14-12(7-21-26-14)17(24)23-15-5-3-10(16(20)22-15)11-6-9(19)2-4-13(11)18/h2-7H,8H2,1H3,(H3,20,22,23,24). The lowest BCUT2D eigenvalue weighted by Crippen LogP contribution is -2.14. The van der Waals surface area contributed by atoms with Gasteiger partial charge in [-0.15, -0.1) is 0 Å². The third kappa shape index (κ3) is 3.66. The molecule has 0 fully saturated rings. The van der Waals surface area contributed by atoms with E-state index in [0.717, 1.165) is 0 Å². The van der Waals surface area contributed by atoms with Crippen molar-refractivity contribution in [1.29, 1.82) is 0 Å². The lowest BCUT2D eigenvalue weighted by atomic mass is 10.1. The Labute approximate surface area is 152 Å². The van der Waals surface area contributed by atoms with Crippen molar-refractivity contribution in [3.8, 4) is 11.1 Å². The summed E-state index contributed by atoms with van der Waals surface area (Å²) in [6.07, 6.45) is 1.29. The predicted octanol–water partition coefficient (Wildman–Crippen LogP) is 3.51. The fourth-order valence-corrected chi connectivity index (χ4v) is 2.56. The van der Waals surface area contributed by atoms with E-state index in [1.54, 1.807) is 6.07 Å². The highest BCUT2D eigenvalue weighted by Gasteiger charge is 2.17. The molecule has 0 saturated carbocycles. The van der Waals surface area contributed by atoms with Crippen LogP contribution in [0.4, 0.5) is 16.0 Å². The van der Waals surface area contributed by atoms with Gasteiger partial charge in [-0.25, -0.2) is 9.37 Å². The SMILES string of the molecule is COCc1oncc1C(=O)Nc1ccc(-c2cc(F)ccc2Cl)c(N)n1. The van der Waals surface area contributed by atoms with Gasteiger partial charge in [-0.3, -0.25) is 4.79 Å². The molecule has 26 heavy (non-hydrogen) atoms. The molecule has 0 aliphatic heterocycles. The summed E-state index contributed by atoms with van der Waals surface area (Å²) in [5, 5.41) is 6.52. The molecule has 2 aromatic heterocycles. The molecule has 3 rings (SSSR count). The Balaban J connectivity index is 1.85. The molecular weight excluding hydrogens is 363 g/mol. The van der Waals surface area contributed by atoms with Gasteiger partial charge in [0, 0.05) is 23.3 Å². The predicted molar refractivity (Wildman–Crippen MR) is 94.2 cm³/mol. The zero-order chi connectivity index (χ0) is 18.7. The topological polar surface area (TPSA) is 103 Å². The number of hydrogen-bond donors (Lipinski definition) is 2. The number of anilines is 2. The number of halogens is 2. The Morgan fingerprint density at radius 2 is 2.15 bits per heavy atom.